The van der Waals surface area contributed by atoms with Gasteiger partial charge in [0.1, 0.15) is 5.78 Å². The molecule has 29 heavy (non-hydrogen) atoms. The first kappa shape index (κ1) is 26.8. The fourth-order valence-corrected chi connectivity index (χ4v) is 2.87. The van der Waals surface area contributed by atoms with E-state index in [0.29, 0.717) is 19.3 Å². The topological polar surface area (TPSA) is 180 Å². The average molecular weight is 415 g/mol. The lowest BCUT2D eigenvalue weighted by atomic mass is 9.74. The smallest absolute Gasteiger partial charge is 0.426 e. The summed E-state index contributed by atoms with van der Waals surface area (Å²) in [6.07, 6.45) is 2.87. The second-order valence-electron chi connectivity index (χ2n) is 7.58. The highest BCUT2D eigenvalue weighted by molar-refractivity contribution is 6.43. The molecule has 0 saturated heterocycles. The van der Waals surface area contributed by atoms with Gasteiger partial charge in [-0.3, -0.25) is 9.59 Å². The van der Waals surface area contributed by atoms with Gasteiger partial charge in [-0.15, -0.1) is 0 Å². The Morgan fingerprint density at radius 2 is 1.97 bits per heavy atom. The highest BCUT2D eigenvalue weighted by Gasteiger charge is 2.34. The number of amides is 1. The molecule has 1 saturated carbocycles. The molecule has 2 atom stereocenters. The lowest BCUT2D eigenvalue weighted by Crippen LogP contribution is -2.49. The quantitative estimate of drug-likeness (QED) is 0.0697. The van der Waals surface area contributed by atoms with Gasteiger partial charge in [0.15, 0.2) is 5.03 Å². The van der Waals surface area contributed by atoms with E-state index in [0.717, 1.165) is 12.8 Å². The minimum Gasteiger partial charge on any atom is -0.426 e. The summed E-state index contributed by atoms with van der Waals surface area (Å²) in [4.78, 5) is 38.9. The Morgan fingerprint density at radius 3 is 2.45 bits per heavy atom. The number of guanidine groups is 1. The SMILES string of the molecule is C.CC(C)C[C@H](NC(=O)[C@H](CCCN=C(N)N[N+](=O)[O-])CC(=O)C1CC1)B(O)O. The number of nitrogens with zero attached hydrogens (tertiary/aromatic N) is 2. The molecule has 0 spiro atoms. The van der Waals surface area contributed by atoms with Crippen LogP contribution in [0.5, 0.6) is 0 Å². The van der Waals surface area contributed by atoms with E-state index >= 15 is 0 Å². The summed E-state index contributed by atoms with van der Waals surface area (Å²) in [5.41, 5.74) is 7.06. The molecular formula is C17H34BN5O6. The first-order valence-corrected chi connectivity index (χ1v) is 9.50. The maximum Gasteiger partial charge on any atom is 0.475 e. The minimum atomic E-state index is -1.69. The predicted octanol–water partition coefficient (Wildman–Crippen LogP) is 0.0270. The number of nitro groups is 1. The van der Waals surface area contributed by atoms with Crippen molar-refractivity contribution >= 4 is 24.8 Å². The number of hydrazine groups is 1. The number of Topliss-reactive ketones (excluding diaryl/α,β-unsaturated/α-hetero) is 1. The van der Waals surface area contributed by atoms with Gasteiger partial charge in [0.25, 0.3) is 5.96 Å². The maximum absolute atomic E-state index is 12.6. The average Bonchev–Trinajstić information content (AvgIpc) is 3.40. The molecule has 0 aromatic carbocycles. The van der Waals surface area contributed by atoms with Gasteiger partial charge in [-0.25, -0.2) is 15.1 Å². The van der Waals surface area contributed by atoms with Crippen LogP contribution in [0.1, 0.15) is 59.8 Å². The zero-order valence-corrected chi connectivity index (χ0v) is 16.3. The first-order valence-electron chi connectivity index (χ1n) is 9.50. The van der Waals surface area contributed by atoms with Crippen LogP contribution >= 0.6 is 0 Å². The van der Waals surface area contributed by atoms with E-state index in [1.165, 1.54) is 0 Å². The molecule has 6 N–H and O–H groups in total. The molecule has 166 valence electrons. The number of rotatable bonds is 13. The van der Waals surface area contributed by atoms with Gasteiger partial charge in [0.2, 0.25) is 5.91 Å². The van der Waals surface area contributed by atoms with Crippen LogP contribution in [0.15, 0.2) is 4.99 Å². The van der Waals surface area contributed by atoms with Crippen LogP contribution in [0.2, 0.25) is 0 Å². The molecular weight excluding hydrogens is 381 g/mol. The second kappa shape index (κ2) is 13.1. The fourth-order valence-electron chi connectivity index (χ4n) is 2.87. The van der Waals surface area contributed by atoms with Crippen LogP contribution in [-0.2, 0) is 9.59 Å². The van der Waals surface area contributed by atoms with Crippen LogP contribution in [0.4, 0.5) is 0 Å². The first-order chi connectivity index (χ1) is 13.1. The van der Waals surface area contributed by atoms with E-state index in [1.54, 1.807) is 5.43 Å². The second-order valence-corrected chi connectivity index (χ2v) is 7.58. The molecule has 1 rings (SSSR count). The third kappa shape index (κ3) is 11.4. The third-order valence-electron chi connectivity index (χ3n) is 4.46. The lowest BCUT2D eigenvalue weighted by molar-refractivity contribution is -0.525. The third-order valence-corrected chi connectivity index (χ3v) is 4.46. The van der Waals surface area contributed by atoms with Crippen molar-refractivity contribution in [3.63, 3.8) is 0 Å². The Labute approximate surface area is 171 Å². The predicted molar refractivity (Wildman–Crippen MR) is 110 cm³/mol. The number of nitrogens with two attached hydrogens (primary N) is 1. The zero-order chi connectivity index (χ0) is 21.3. The molecule has 11 nitrogen and oxygen atoms in total. The Balaban J connectivity index is 0.00000784. The van der Waals surface area contributed by atoms with Crippen molar-refractivity contribution in [2.45, 2.75) is 65.7 Å². The lowest BCUT2D eigenvalue weighted by Gasteiger charge is -2.23. The Bertz CT molecular complexity index is 583. The minimum absolute atomic E-state index is 0. The summed E-state index contributed by atoms with van der Waals surface area (Å²) in [6.45, 7) is 3.96. The number of carbonyl (C=O) groups excluding carboxylic acids is 2. The number of hydrogen-bond acceptors (Lipinski definition) is 7. The molecule has 0 heterocycles. The summed E-state index contributed by atoms with van der Waals surface area (Å²) >= 11 is 0. The van der Waals surface area contributed by atoms with E-state index < -0.39 is 29.9 Å². The number of nitrogens with one attached hydrogen (secondary N) is 2. The molecule has 0 aromatic rings. The molecule has 1 aliphatic carbocycles. The van der Waals surface area contributed by atoms with Gasteiger partial charge < -0.3 is 21.1 Å². The number of carbonyl (C=O) groups is 2. The van der Waals surface area contributed by atoms with Gasteiger partial charge >= 0.3 is 7.12 Å². The van der Waals surface area contributed by atoms with E-state index in [2.05, 4.69) is 10.3 Å². The Hall–Kier alpha value is -2.21. The molecule has 12 heteroatoms. The summed E-state index contributed by atoms with van der Waals surface area (Å²) in [6, 6.07) is 0. The standard InChI is InChI=1S/C16H30BN5O6.CH4/c1-10(2)8-14(17(25)26)20-15(24)12(9-13(23)11-5-6-11)4-3-7-19-16(18)21-22(27)28;/h10-12,14,25-26H,3-9H2,1-2H3,(H,20,24)(H3,18,19,21);1H4/t12-,14+;/m1./s1. The normalized spacial score (nSPS) is 15.8. The summed E-state index contributed by atoms with van der Waals surface area (Å²) in [7, 11) is -1.69. The maximum atomic E-state index is 12.6. The molecule has 1 fully saturated rings. The molecule has 0 bridgehead atoms. The fraction of sp³-hybridized carbons (Fsp3) is 0.824. The van der Waals surface area contributed by atoms with Gasteiger partial charge in [-0.1, -0.05) is 26.7 Å². The number of ketones is 1. The largest absolute Gasteiger partial charge is 0.475 e. The van der Waals surface area contributed by atoms with Crippen molar-refractivity contribution in [1.29, 1.82) is 0 Å². The summed E-state index contributed by atoms with van der Waals surface area (Å²) in [5, 5.41) is 31.1. The van der Waals surface area contributed by atoms with Crippen molar-refractivity contribution in [3.05, 3.63) is 10.1 Å². The molecule has 0 radical (unpaired) electrons. The van der Waals surface area contributed by atoms with Gasteiger partial charge in [0, 0.05) is 24.8 Å². The van der Waals surface area contributed by atoms with Crippen LogP contribution in [-0.4, -0.2) is 52.3 Å². The Kier molecular flexibility index (Phi) is 12.1. The van der Waals surface area contributed by atoms with Gasteiger partial charge in [0.05, 0.1) is 5.94 Å². The van der Waals surface area contributed by atoms with Crippen molar-refractivity contribution in [2.24, 2.45) is 28.5 Å². The molecule has 0 unspecified atom stereocenters. The molecule has 1 amide bonds. The Morgan fingerprint density at radius 1 is 1.34 bits per heavy atom. The summed E-state index contributed by atoms with van der Waals surface area (Å²) in [5.74, 6) is -1.99. The summed E-state index contributed by atoms with van der Waals surface area (Å²) < 4.78 is 0. The van der Waals surface area contributed by atoms with E-state index in [4.69, 9.17) is 5.73 Å². The van der Waals surface area contributed by atoms with E-state index in [9.17, 15) is 29.8 Å². The van der Waals surface area contributed by atoms with Crippen molar-refractivity contribution in [3.8, 4) is 0 Å². The number of hydrogen-bond donors (Lipinski definition) is 5. The van der Waals surface area contributed by atoms with Gasteiger partial charge in [-0.2, -0.15) is 0 Å². The molecule has 1 aliphatic rings. The molecule has 0 aromatic heterocycles. The van der Waals surface area contributed by atoms with Crippen molar-refractivity contribution in [1.82, 2.24) is 10.7 Å². The highest BCUT2D eigenvalue weighted by Crippen LogP contribution is 2.32. The van der Waals surface area contributed by atoms with Crippen LogP contribution in [0.25, 0.3) is 0 Å². The van der Waals surface area contributed by atoms with E-state index in [-0.39, 0.29) is 44.0 Å². The highest BCUT2D eigenvalue weighted by atomic mass is 16.7. The monoisotopic (exact) mass is 415 g/mol. The van der Waals surface area contributed by atoms with E-state index in [1.807, 2.05) is 13.8 Å². The molecule has 0 aliphatic heterocycles. The van der Waals surface area contributed by atoms with Crippen LogP contribution in [0, 0.1) is 27.9 Å². The van der Waals surface area contributed by atoms with Crippen LogP contribution in [0.3, 0.4) is 0 Å². The zero-order valence-electron chi connectivity index (χ0n) is 16.3. The van der Waals surface area contributed by atoms with Crippen LogP contribution < -0.4 is 16.5 Å². The van der Waals surface area contributed by atoms with Crippen molar-refractivity contribution < 1.29 is 24.7 Å². The number of aliphatic imine (C=N–C) groups is 1. The van der Waals surface area contributed by atoms with Gasteiger partial charge in [-0.05, 0) is 38.0 Å². The van der Waals surface area contributed by atoms with Crippen molar-refractivity contribution in [2.75, 3.05) is 6.54 Å².